The average molecular weight is 296 g/mol. The van der Waals surface area contributed by atoms with Crippen molar-refractivity contribution in [1.82, 2.24) is 0 Å². The van der Waals surface area contributed by atoms with E-state index in [9.17, 15) is 8.78 Å². The quantitative estimate of drug-likeness (QED) is 0.574. The van der Waals surface area contributed by atoms with Gasteiger partial charge in [0.2, 0.25) is 0 Å². The van der Waals surface area contributed by atoms with Gasteiger partial charge in [-0.3, -0.25) is 0 Å². The third kappa shape index (κ3) is 2.50. The van der Waals surface area contributed by atoms with E-state index in [-0.39, 0.29) is 0 Å². The first-order valence-corrected chi connectivity index (χ1v) is 7.39. The van der Waals surface area contributed by atoms with Crippen molar-refractivity contribution in [3.63, 3.8) is 0 Å². The summed E-state index contributed by atoms with van der Waals surface area (Å²) in [7, 11) is 0. The Labute approximate surface area is 129 Å². The Kier molecular flexibility index (Phi) is 3.69. The van der Waals surface area contributed by atoms with Crippen LogP contribution >= 0.6 is 0 Å². The van der Waals surface area contributed by atoms with Crippen LogP contribution in [0.1, 0.15) is 27.8 Å². The molecule has 0 nitrogen and oxygen atoms in total. The lowest BCUT2D eigenvalue weighted by Gasteiger charge is -2.11. The molecule has 0 radical (unpaired) electrons. The van der Waals surface area contributed by atoms with E-state index in [1.54, 1.807) is 6.07 Å². The molecule has 0 heterocycles. The zero-order chi connectivity index (χ0) is 15.9. The monoisotopic (exact) mass is 296 g/mol. The fourth-order valence-corrected chi connectivity index (χ4v) is 2.80. The summed E-state index contributed by atoms with van der Waals surface area (Å²) in [4.78, 5) is 0. The van der Waals surface area contributed by atoms with Gasteiger partial charge in [0, 0.05) is 11.8 Å². The van der Waals surface area contributed by atoms with E-state index >= 15 is 0 Å². The van der Waals surface area contributed by atoms with Crippen molar-refractivity contribution in [1.29, 1.82) is 0 Å². The maximum atomic E-state index is 14.5. The smallest absolute Gasteiger partial charge is 0.167 e. The summed E-state index contributed by atoms with van der Waals surface area (Å²) in [5.74, 6) is -1.47. The van der Waals surface area contributed by atoms with Crippen LogP contribution in [0.2, 0.25) is 0 Å². The first-order chi connectivity index (χ1) is 10.5. The predicted octanol–water partition coefficient (Wildman–Crippen LogP) is 5.63. The topological polar surface area (TPSA) is 0 Å². The first-order valence-electron chi connectivity index (χ1n) is 7.39. The van der Waals surface area contributed by atoms with Crippen LogP contribution in [0.3, 0.4) is 0 Å². The Morgan fingerprint density at radius 1 is 0.818 bits per heavy atom. The number of aryl methyl sites for hydroxylation is 3. The molecule has 0 atom stereocenters. The van der Waals surface area contributed by atoms with Crippen LogP contribution in [-0.4, -0.2) is 0 Å². The zero-order valence-electron chi connectivity index (χ0n) is 13.0. The number of hydrogen-bond acceptors (Lipinski definition) is 0. The van der Waals surface area contributed by atoms with Gasteiger partial charge in [0.05, 0.1) is 0 Å². The Morgan fingerprint density at radius 3 is 2.18 bits per heavy atom. The number of fused-ring (bicyclic) bond motifs is 1. The Hall–Kier alpha value is -2.22. The largest absolute Gasteiger partial charge is 0.203 e. The molecule has 0 amide bonds. The first kappa shape index (κ1) is 14.7. The van der Waals surface area contributed by atoms with E-state index in [2.05, 4.69) is 0 Å². The number of benzene rings is 3. The highest BCUT2D eigenvalue weighted by Gasteiger charge is 2.16. The van der Waals surface area contributed by atoms with Gasteiger partial charge in [0.1, 0.15) is 0 Å². The minimum absolute atomic E-state index is 0.394. The number of rotatable bonds is 2. The molecule has 112 valence electrons. The summed E-state index contributed by atoms with van der Waals surface area (Å²) < 4.78 is 28.9. The zero-order valence-corrected chi connectivity index (χ0v) is 13.0. The lowest BCUT2D eigenvalue weighted by molar-refractivity contribution is 0.508. The maximum Gasteiger partial charge on any atom is 0.167 e. The second-order valence-electron chi connectivity index (χ2n) is 5.93. The fraction of sp³-hybridized carbons (Fsp3) is 0.200. The second kappa shape index (κ2) is 5.53. The highest BCUT2D eigenvalue weighted by molar-refractivity contribution is 5.88. The van der Waals surface area contributed by atoms with Crippen LogP contribution in [0.15, 0.2) is 42.5 Å². The van der Waals surface area contributed by atoms with Crippen molar-refractivity contribution < 1.29 is 8.78 Å². The van der Waals surface area contributed by atoms with Crippen LogP contribution in [0.5, 0.6) is 0 Å². The Bertz CT molecular complexity index is 846. The highest BCUT2D eigenvalue weighted by atomic mass is 19.2. The molecular weight excluding hydrogens is 278 g/mol. The van der Waals surface area contributed by atoms with E-state index in [1.165, 1.54) is 0 Å². The predicted molar refractivity (Wildman–Crippen MR) is 87.3 cm³/mol. The molecular formula is C20H18F2. The molecule has 3 aromatic rings. The van der Waals surface area contributed by atoms with Crippen molar-refractivity contribution in [3.8, 4) is 0 Å². The highest BCUT2D eigenvalue weighted by Crippen LogP contribution is 2.29. The molecule has 0 N–H and O–H groups in total. The summed E-state index contributed by atoms with van der Waals surface area (Å²) in [5.41, 5.74) is 4.30. The van der Waals surface area contributed by atoms with Crippen LogP contribution in [0, 0.1) is 32.4 Å². The standard InChI is InChI=1S/C20H18F2/c1-12-4-7-15(8-5-12)10-17-11-16-9-6-13(2)14(3)18(16)20(22)19(17)21/h4-9,11H,10H2,1-3H3. The molecule has 0 aliphatic heterocycles. The number of halogens is 2. The molecule has 0 unspecified atom stereocenters. The van der Waals surface area contributed by atoms with E-state index in [0.29, 0.717) is 17.4 Å². The van der Waals surface area contributed by atoms with Gasteiger partial charge in [-0.2, -0.15) is 0 Å². The minimum Gasteiger partial charge on any atom is -0.203 e. The fourth-order valence-electron chi connectivity index (χ4n) is 2.80. The average Bonchev–Trinajstić information content (AvgIpc) is 2.50. The molecule has 0 aliphatic rings. The third-order valence-electron chi connectivity index (χ3n) is 4.31. The Morgan fingerprint density at radius 2 is 1.50 bits per heavy atom. The van der Waals surface area contributed by atoms with Gasteiger partial charge in [-0.15, -0.1) is 0 Å². The van der Waals surface area contributed by atoms with Crippen molar-refractivity contribution in [3.05, 3.63) is 81.9 Å². The van der Waals surface area contributed by atoms with Gasteiger partial charge < -0.3 is 0 Å². The van der Waals surface area contributed by atoms with Crippen LogP contribution in [-0.2, 0) is 6.42 Å². The van der Waals surface area contributed by atoms with Crippen molar-refractivity contribution in [2.45, 2.75) is 27.2 Å². The number of hydrogen-bond donors (Lipinski definition) is 0. The van der Waals surface area contributed by atoms with Crippen LogP contribution in [0.25, 0.3) is 10.8 Å². The molecule has 0 aromatic heterocycles. The van der Waals surface area contributed by atoms with Crippen molar-refractivity contribution in [2.24, 2.45) is 0 Å². The minimum atomic E-state index is -0.735. The molecule has 0 saturated carbocycles. The summed E-state index contributed by atoms with van der Waals surface area (Å²) >= 11 is 0. The summed E-state index contributed by atoms with van der Waals surface area (Å²) in [6, 6.07) is 13.5. The summed E-state index contributed by atoms with van der Waals surface area (Å²) in [6.45, 7) is 5.75. The molecule has 0 fully saturated rings. The van der Waals surface area contributed by atoms with Crippen LogP contribution in [0.4, 0.5) is 8.78 Å². The molecule has 3 aromatic carbocycles. The molecule has 0 aliphatic carbocycles. The lowest BCUT2D eigenvalue weighted by atomic mass is 9.95. The third-order valence-corrected chi connectivity index (χ3v) is 4.31. The van der Waals surface area contributed by atoms with Gasteiger partial charge in [-0.05, 0) is 54.5 Å². The van der Waals surface area contributed by atoms with E-state index in [0.717, 1.165) is 27.6 Å². The van der Waals surface area contributed by atoms with Gasteiger partial charge in [0.15, 0.2) is 11.6 Å². The van der Waals surface area contributed by atoms with Crippen molar-refractivity contribution >= 4 is 10.8 Å². The molecule has 2 heteroatoms. The van der Waals surface area contributed by atoms with Crippen molar-refractivity contribution in [2.75, 3.05) is 0 Å². The molecule has 0 bridgehead atoms. The lowest BCUT2D eigenvalue weighted by Crippen LogP contribution is -1.99. The molecule has 0 spiro atoms. The van der Waals surface area contributed by atoms with Crippen LogP contribution < -0.4 is 0 Å². The maximum absolute atomic E-state index is 14.5. The van der Waals surface area contributed by atoms with Gasteiger partial charge >= 0.3 is 0 Å². The summed E-state index contributed by atoms with van der Waals surface area (Å²) in [6.07, 6.45) is 0.395. The Balaban J connectivity index is 2.13. The SMILES string of the molecule is Cc1ccc(Cc2cc3ccc(C)c(C)c3c(F)c2F)cc1. The van der Waals surface area contributed by atoms with E-state index in [1.807, 2.05) is 57.2 Å². The second-order valence-corrected chi connectivity index (χ2v) is 5.93. The molecule has 0 saturated heterocycles. The van der Waals surface area contributed by atoms with E-state index < -0.39 is 11.6 Å². The van der Waals surface area contributed by atoms with Gasteiger partial charge in [0.25, 0.3) is 0 Å². The normalized spacial score (nSPS) is 11.1. The van der Waals surface area contributed by atoms with Gasteiger partial charge in [-0.1, -0.05) is 42.0 Å². The van der Waals surface area contributed by atoms with E-state index in [4.69, 9.17) is 0 Å². The molecule has 22 heavy (non-hydrogen) atoms. The summed E-state index contributed by atoms with van der Waals surface area (Å²) in [5, 5.41) is 1.15. The van der Waals surface area contributed by atoms with Gasteiger partial charge in [-0.25, -0.2) is 8.78 Å². The molecule has 3 rings (SSSR count).